The van der Waals surface area contributed by atoms with Crippen LogP contribution in [0.15, 0.2) is 72.9 Å². The van der Waals surface area contributed by atoms with E-state index in [-0.39, 0.29) is 18.4 Å². The van der Waals surface area contributed by atoms with Crippen molar-refractivity contribution < 1.29 is 14.3 Å². The number of aromatic nitrogens is 1. The minimum Gasteiger partial charge on any atom is -0.374 e. The Labute approximate surface area is 200 Å². The van der Waals surface area contributed by atoms with Crippen LogP contribution < -0.4 is 10.6 Å². The highest BCUT2D eigenvalue weighted by atomic mass is 16.5. The maximum absolute atomic E-state index is 13.0. The fourth-order valence-corrected chi connectivity index (χ4v) is 4.15. The van der Waals surface area contributed by atoms with Crippen molar-refractivity contribution in [2.45, 2.75) is 44.8 Å². The first kappa shape index (κ1) is 23.6. The van der Waals surface area contributed by atoms with Crippen molar-refractivity contribution in [1.29, 1.82) is 0 Å². The van der Waals surface area contributed by atoms with Gasteiger partial charge in [-0.2, -0.15) is 0 Å². The van der Waals surface area contributed by atoms with Crippen LogP contribution in [0.5, 0.6) is 0 Å². The van der Waals surface area contributed by atoms with Crippen LogP contribution in [0.3, 0.4) is 0 Å². The molecule has 2 N–H and O–H groups in total. The molecule has 0 fully saturated rings. The minimum atomic E-state index is -0.795. The van der Waals surface area contributed by atoms with E-state index < -0.39 is 6.04 Å². The van der Waals surface area contributed by atoms with E-state index in [2.05, 4.69) is 15.6 Å². The summed E-state index contributed by atoms with van der Waals surface area (Å²) in [5.41, 5.74) is 5.04. The van der Waals surface area contributed by atoms with Crippen LogP contribution in [0.25, 0.3) is 0 Å². The Bertz CT molecular complexity index is 1090. The van der Waals surface area contributed by atoms with Gasteiger partial charge < -0.3 is 15.4 Å². The number of pyridine rings is 1. The van der Waals surface area contributed by atoms with E-state index >= 15 is 0 Å². The highest BCUT2D eigenvalue weighted by molar-refractivity contribution is 5.97. The van der Waals surface area contributed by atoms with Crippen molar-refractivity contribution in [2.75, 3.05) is 13.2 Å². The molecule has 0 saturated carbocycles. The van der Waals surface area contributed by atoms with Crippen LogP contribution in [-0.2, 0) is 35.4 Å². The third kappa shape index (κ3) is 6.75. The average Bonchev–Trinajstić information content (AvgIpc) is 2.89. The molecule has 0 spiro atoms. The Morgan fingerprint density at radius 1 is 0.941 bits per heavy atom. The van der Waals surface area contributed by atoms with Gasteiger partial charge in [0.25, 0.3) is 5.91 Å². The monoisotopic (exact) mass is 457 g/mol. The van der Waals surface area contributed by atoms with E-state index in [1.165, 1.54) is 17.5 Å². The molecule has 0 bridgehead atoms. The molecule has 1 aromatic heterocycles. The Balaban J connectivity index is 1.38. The molecule has 176 valence electrons. The predicted molar refractivity (Wildman–Crippen MR) is 131 cm³/mol. The minimum absolute atomic E-state index is 0.0843. The van der Waals surface area contributed by atoms with Crippen LogP contribution in [0.1, 0.15) is 45.6 Å². The lowest BCUT2D eigenvalue weighted by atomic mass is 9.90. The van der Waals surface area contributed by atoms with Gasteiger partial charge >= 0.3 is 0 Å². The van der Waals surface area contributed by atoms with Crippen LogP contribution in [0.4, 0.5) is 0 Å². The van der Waals surface area contributed by atoms with Gasteiger partial charge in [-0.3, -0.25) is 14.6 Å². The second kappa shape index (κ2) is 12.1. The summed E-state index contributed by atoms with van der Waals surface area (Å²) in [6, 6.07) is 20.5. The second-order valence-electron chi connectivity index (χ2n) is 8.58. The molecular formula is C28H31N3O3. The Kier molecular flexibility index (Phi) is 8.41. The average molecular weight is 458 g/mol. The molecule has 3 aromatic rings. The summed E-state index contributed by atoms with van der Waals surface area (Å²) in [5.74, 6) is -0.531. The fraction of sp³-hybridized carbons (Fsp3) is 0.321. The molecule has 1 aliphatic carbocycles. The number of hydrogen-bond donors (Lipinski definition) is 2. The molecule has 2 aromatic carbocycles. The molecule has 0 unspecified atom stereocenters. The zero-order valence-corrected chi connectivity index (χ0v) is 19.3. The van der Waals surface area contributed by atoms with Crippen LogP contribution >= 0.6 is 0 Å². The number of amides is 2. The van der Waals surface area contributed by atoms with E-state index in [4.69, 9.17) is 4.74 Å². The van der Waals surface area contributed by atoms with Crippen molar-refractivity contribution in [3.05, 3.63) is 101 Å². The van der Waals surface area contributed by atoms with Gasteiger partial charge in [-0.15, -0.1) is 0 Å². The third-order valence-electron chi connectivity index (χ3n) is 6.04. The number of nitrogens with zero attached hydrogens (tertiary/aromatic N) is 1. The third-order valence-corrected chi connectivity index (χ3v) is 6.04. The number of aryl methyl sites for hydroxylation is 2. The predicted octanol–water partition coefficient (Wildman–Crippen LogP) is 3.63. The Morgan fingerprint density at radius 3 is 2.53 bits per heavy atom. The molecule has 6 heteroatoms. The van der Waals surface area contributed by atoms with Gasteiger partial charge in [0.1, 0.15) is 6.04 Å². The topological polar surface area (TPSA) is 80.3 Å². The number of carbonyl (C=O) groups excluding carboxylic acids is 2. The van der Waals surface area contributed by atoms with Gasteiger partial charge in [0.05, 0.1) is 13.2 Å². The normalized spacial score (nSPS) is 13.5. The molecule has 1 heterocycles. The zero-order valence-electron chi connectivity index (χ0n) is 19.3. The van der Waals surface area contributed by atoms with Gasteiger partial charge in [0, 0.05) is 30.4 Å². The second-order valence-corrected chi connectivity index (χ2v) is 8.58. The molecule has 34 heavy (non-hydrogen) atoms. The smallest absolute Gasteiger partial charge is 0.252 e. The number of fused-ring (bicyclic) bond motifs is 1. The summed E-state index contributed by atoms with van der Waals surface area (Å²) >= 11 is 0. The summed E-state index contributed by atoms with van der Waals surface area (Å²) in [5, 5.41) is 5.80. The van der Waals surface area contributed by atoms with E-state index in [1.807, 2.05) is 66.7 Å². The first-order valence-electron chi connectivity index (χ1n) is 11.9. The molecule has 1 aliphatic rings. The van der Waals surface area contributed by atoms with Crippen LogP contribution in [0.2, 0.25) is 0 Å². The van der Waals surface area contributed by atoms with Crippen molar-refractivity contribution in [2.24, 2.45) is 0 Å². The quantitative estimate of drug-likeness (QED) is 0.487. The Hall–Kier alpha value is -3.51. The number of benzene rings is 2. The van der Waals surface area contributed by atoms with Gasteiger partial charge in [-0.25, -0.2) is 0 Å². The number of rotatable bonds is 10. The molecule has 6 nitrogen and oxygen atoms in total. The van der Waals surface area contributed by atoms with E-state index in [1.54, 1.807) is 6.20 Å². The molecular weight excluding hydrogens is 426 g/mol. The number of carbonyl (C=O) groups is 2. The molecule has 0 radical (unpaired) electrons. The standard InChI is InChI=1S/C28H31N3O3/c32-27(24-14-13-22-10-4-5-11-23(22)18-24)31-26(20-34-19-21-8-2-1-3-9-21)28(33)30-17-15-25-12-6-7-16-29-25/h1-3,6-9,12-14,16,18,26H,4-5,10-11,15,17,19-20H2,(H,30,33)(H,31,32)/t26-/m1/s1. The highest BCUT2D eigenvalue weighted by Crippen LogP contribution is 2.22. The SMILES string of the molecule is O=C(N[C@H](COCc1ccccc1)C(=O)NCCc1ccccn1)c1ccc2c(c1)CCCC2. The lowest BCUT2D eigenvalue weighted by Gasteiger charge is -2.20. The van der Waals surface area contributed by atoms with Gasteiger partial charge in [-0.1, -0.05) is 42.5 Å². The van der Waals surface area contributed by atoms with Crippen LogP contribution in [-0.4, -0.2) is 36.0 Å². The lowest BCUT2D eigenvalue weighted by Crippen LogP contribution is -2.49. The number of ether oxygens (including phenoxy) is 1. The summed E-state index contributed by atoms with van der Waals surface area (Å²) in [6.07, 6.45) is 6.74. The highest BCUT2D eigenvalue weighted by Gasteiger charge is 2.22. The maximum Gasteiger partial charge on any atom is 0.252 e. The first-order chi connectivity index (χ1) is 16.7. The molecule has 4 rings (SSSR count). The number of hydrogen-bond acceptors (Lipinski definition) is 4. The van der Waals surface area contributed by atoms with Crippen molar-refractivity contribution >= 4 is 11.8 Å². The zero-order chi connectivity index (χ0) is 23.6. The largest absolute Gasteiger partial charge is 0.374 e. The summed E-state index contributed by atoms with van der Waals surface area (Å²) in [7, 11) is 0. The molecule has 1 atom stereocenters. The Morgan fingerprint density at radius 2 is 1.74 bits per heavy atom. The number of nitrogens with one attached hydrogen (secondary N) is 2. The lowest BCUT2D eigenvalue weighted by molar-refractivity contribution is -0.124. The van der Waals surface area contributed by atoms with Crippen molar-refractivity contribution in [3.63, 3.8) is 0 Å². The molecule has 2 amide bonds. The van der Waals surface area contributed by atoms with Crippen molar-refractivity contribution in [1.82, 2.24) is 15.6 Å². The van der Waals surface area contributed by atoms with E-state index in [9.17, 15) is 9.59 Å². The summed E-state index contributed by atoms with van der Waals surface area (Å²) in [4.78, 5) is 30.2. The van der Waals surface area contributed by atoms with E-state index in [0.717, 1.165) is 30.5 Å². The van der Waals surface area contributed by atoms with Crippen molar-refractivity contribution in [3.8, 4) is 0 Å². The molecule has 0 saturated heterocycles. The molecule has 0 aliphatic heterocycles. The van der Waals surface area contributed by atoms with Gasteiger partial charge in [0.2, 0.25) is 5.91 Å². The van der Waals surface area contributed by atoms with Crippen LogP contribution in [0, 0.1) is 0 Å². The first-order valence-corrected chi connectivity index (χ1v) is 11.9. The van der Waals surface area contributed by atoms with Gasteiger partial charge in [-0.05, 0) is 66.6 Å². The van der Waals surface area contributed by atoms with Gasteiger partial charge in [0.15, 0.2) is 0 Å². The maximum atomic E-state index is 13.0. The summed E-state index contributed by atoms with van der Waals surface area (Å²) < 4.78 is 5.81. The fourth-order valence-electron chi connectivity index (χ4n) is 4.15. The summed E-state index contributed by atoms with van der Waals surface area (Å²) in [6.45, 7) is 0.883. The van der Waals surface area contributed by atoms with E-state index in [0.29, 0.717) is 25.1 Å².